The highest BCUT2D eigenvalue weighted by Gasteiger charge is 2.25. The Morgan fingerprint density at radius 3 is 3.33 bits per heavy atom. The zero-order valence-corrected chi connectivity index (χ0v) is 5.31. The Morgan fingerprint density at radius 2 is 2.56 bits per heavy atom. The minimum atomic E-state index is -0.680. The average Bonchev–Trinajstić information content (AvgIpc) is 2.22. The number of hydrogen-bond acceptors (Lipinski definition) is 1. The second-order valence-electron chi connectivity index (χ2n) is 2.72. The van der Waals surface area contributed by atoms with Crippen molar-refractivity contribution in [2.75, 3.05) is 13.1 Å². The van der Waals surface area contributed by atoms with Gasteiger partial charge in [0, 0.05) is 12.2 Å². The second kappa shape index (κ2) is 1.72. The highest BCUT2D eigenvalue weighted by atomic mass is 19.1. The summed E-state index contributed by atoms with van der Waals surface area (Å²) >= 11 is 0. The van der Waals surface area contributed by atoms with E-state index in [0.29, 0.717) is 6.54 Å². The van der Waals surface area contributed by atoms with Gasteiger partial charge in [0.15, 0.2) is 0 Å². The van der Waals surface area contributed by atoms with Gasteiger partial charge in [-0.2, -0.15) is 0 Å². The van der Waals surface area contributed by atoms with Crippen molar-refractivity contribution >= 4 is 0 Å². The molecule has 0 unspecified atom stereocenters. The lowest BCUT2D eigenvalue weighted by Crippen LogP contribution is -2.17. The van der Waals surface area contributed by atoms with Crippen molar-refractivity contribution in [1.29, 1.82) is 0 Å². The second-order valence-corrected chi connectivity index (χ2v) is 2.72. The van der Waals surface area contributed by atoms with E-state index in [2.05, 4.69) is 4.90 Å². The van der Waals surface area contributed by atoms with Crippen molar-refractivity contribution in [2.45, 2.75) is 19.0 Å². The molecule has 2 rings (SSSR count). The lowest BCUT2D eigenvalue weighted by atomic mass is 10.3. The Hall–Kier alpha value is -0.530. The maximum absolute atomic E-state index is 12.5. The topological polar surface area (TPSA) is 3.24 Å². The van der Waals surface area contributed by atoms with E-state index in [1.165, 1.54) is 12.1 Å². The lowest BCUT2D eigenvalue weighted by Gasteiger charge is -2.11. The molecule has 9 heavy (non-hydrogen) atoms. The third kappa shape index (κ3) is 0.732. The normalized spacial score (nSPS) is 32.8. The first-order chi connectivity index (χ1) is 4.36. The molecule has 0 aliphatic carbocycles. The number of halogens is 1. The van der Waals surface area contributed by atoms with Crippen molar-refractivity contribution in [1.82, 2.24) is 4.90 Å². The molecule has 0 aromatic carbocycles. The lowest BCUT2D eigenvalue weighted by molar-refractivity contribution is 0.317. The Kier molecular flexibility index (Phi) is 1.01. The van der Waals surface area contributed by atoms with Gasteiger partial charge in [0.2, 0.25) is 0 Å². The van der Waals surface area contributed by atoms with E-state index in [4.69, 9.17) is 0 Å². The van der Waals surface area contributed by atoms with E-state index in [0.717, 1.165) is 13.0 Å². The first kappa shape index (κ1) is 5.27. The van der Waals surface area contributed by atoms with Crippen LogP contribution in [0, 0.1) is 0 Å². The van der Waals surface area contributed by atoms with Crippen molar-refractivity contribution in [3.63, 3.8) is 0 Å². The van der Waals surface area contributed by atoms with Gasteiger partial charge in [0.25, 0.3) is 0 Å². The molecule has 1 atom stereocenters. The number of fused-ring (bicyclic) bond motifs is 1. The molecular weight excluding hydrogens is 117 g/mol. The molecule has 0 N–H and O–H groups in total. The van der Waals surface area contributed by atoms with Crippen LogP contribution >= 0.6 is 0 Å². The summed E-state index contributed by atoms with van der Waals surface area (Å²) < 4.78 is 12.5. The fourth-order valence-electron chi connectivity index (χ4n) is 1.62. The molecule has 0 spiro atoms. The molecule has 0 aromatic rings. The van der Waals surface area contributed by atoms with Crippen molar-refractivity contribution in [3.8, 4) is 0 Å². The molecule has 2 aliphatic rings. The molecule has 0 bridgehead atoms. The molecule has 1 nitrogen and oxygen atoms in total. The van der Waals surface area contributed by atoms with Crippen molar-refractivity contribution in [3.05, 3.63) is 11.8 Å². The van der Waals surface area contributed by atoms with Crippen LogP contribution in [0.1, 0.15) is 12.8 Å². The largest absolute Gasteiger partial charge is 0.372 e. The van der Waals surface area contributed by atoms with E-state index in [-0.39, 0.29) is 0 Å². The van der Waals surface area contributed by atoms with Gasteiger partial charge in [-0.25, -0.2) is 4.39 Å². The maximum Gasteiger partial charge on any atom is 0.138 e. The van der Waals surface area contributed by atoms with Gasteiger partial charge in [-0.15, -0.1) is 0 Å². The van der Waals surface area contributed by atoms with Crippen LogP contribution in [0.25, 0.3) is 0 Å². The summed E-state index contributed by atoms with van der Waals surface area (Å²) in [6.07, 6.45) is 3.40. The predicted octanol–water partition coefficient (Wildman–Crippen LogP) is 1.32. The predicted molar refractivity (Wildman–Crippen MR) is 33.8 cm³/mol. The van der Waals surface area contributed by atoms with Crippen LogP contribution < -0.4 is 0 Å². The Morgan fingerprint density at radius 1 is 1.67 bits per heavy atom. The van der Waals surface area contributed by atoms with Crippen LogP contribution in [0.4, 0.5) is 4.39 Å². The quantitative estimate of drug-likeness (QED) is 0.474. The maximum atomic E-state index is 12.5. The zero-order valence-electron chi connectivity index (χ0n) is 5.31. The fourth-order valence-corrected chi connectivity index (χ4v) is 1.62. The summed E-state index contributed by atoms with van der Waals surface area (Å²) in [5, 5.41) is 0. The average molecular weight is 127 g/mol. The first-order valence-electron chi connectivity index (χ1n) is 3.46. The highest BCUT2D eigenvalue weighted by molar-refractivity contribution is 5.15. The zero-order chi connectivity index (χ0) is 6.27. The monoisotopic (exact) mass is 127 g/mol. The van der Waals surface area contributed by atoms with Gasteiger partial charge in [-0.05, 0) is 18.9 Å². The van der Waals surface area contributed by atoms with Crippen LogP contribution in [-0.2, 0) is 0 Å². The molecule has 2 heterocycles. The molecule has 0 aromatic heterocycles. The van der Waals surface area contributed by atoms with Crippen molar-refractivity contribution < 1.29 is 4.39 Å². The standard InChI is InChI=1S/C7H10FN/c8-6-4-7-2-1-3-9(7)5-6/h4,6H,1-3,5H2/t6-/m1/s1. The molecular formula is C7H10FN. The van der Waals surface area contributed by atoms with Gasteiger partial charge < -0.3 is 4.90 Å². The summed E-state index contributed by atoms with van der Waals surface area (Å²) in [7, 11) is 0. The molecule has 2 heteroatoms. The van der Waals surface area contributed by atoms with Crippen LogP contribution in [0.5, 0.6) is 0 Å². The van der Waals surface area contributed by atoms with Crippen LogP contribution in [0.3, 0.4) is 0 Å². The van der Waals surface area contributed by atoms with Gasteiger partial charge in [-0.3, -0.25) is 0 Å². The van der Waals surface area contributed by atoms with E-state index in [9.17, 15) is 4.39 Å². The molecule has 0 saturated carbocycles. The Balaban J connectivity index is 2.18. The third-order valence-corrected chi connectivity index (χ3v) is 2.04. The minimum absolute atomic E-state index is 0.620. The number of hydrogen-bond donors (Lipinski definition) is 0. The van der Waals surface area contributed by atoms with Crippen LogP contribution in [0.15, 0.2) is 11.8 Å². The summed E-state index contributed by atoms with van der Waals surface area (Å²) in [6, 6.07) is 0. The van der Waals surface area contributed by atoms with E-state index in [1.807, 2.05) is 0 Å². The Labute approximate surface area is 54.2 Å². The molecule has 0 radical (unpaired) electrons. The molecule has 50 valence electrons. The van der Waals surface area contributed by atoms with E-state index in [1.54, 1.807) is 6.08 Å². The summed E-state index contributed by atoms with van der Waals surface area (Å²) in [4.78, 5) is 2.14. The SMILES string of the molecule is F[C@@H]1C=C2CCCN2C1. The summed E-state index contributed by atoms with van der Waals surface area (Å²) in [6.45, 7) is 1.70. The highest BCUT2D eigenvalue weighted by Crippen LogP contribution is 2.27. The number of rotatable bonds is 0. The molecule has 0 amide bonds. The van der Waals surface area contributed by atoms with Gasteiger partial charge in [0.1, 0.15) is 6.17 Å². The molecule has 1 fully saturated rings. The van der Waals surface area contributed by atoms with E-state index < -0.39 is 6.17 Å². The van der Waals surface area contributed by atoms with E-state index >= 15 is 0 Å². The number of alkyl halides is 1. The first-order valence-corrected chi connectivity index (χ1v) is 3.46. The minimum Gasteiger partial charge on any atom is -0.372 e. The Bertz CT molecular complexity index is 153. The third-order valence-electron chi connectivity index (χ3n) is 2.04. The van der Waals surface area contributed by atoms with Gasteiger partial charge in [0.05, 0.1) is 6.54 Å². The number of allylic oxidation sites excluding steroid dienone is 1. The number of nitrogens with zero attached hydrogens (tertiary/aromatic N) is 1. The van der Waals surface area contributed by atoms with Crippen molar-refractivity contribution in [2.24, 2.45) is 0 Å². The summed E-state index contributed by atoms with van der Waals surface area (Å²) in [5.41, 5.74) is 1.24. The smallest absolute Gasteiger partial charge is 0.138 e. The molecule has 1 saturated heterocycles. The van der Waals surface area contributed by atoms with Crippen LogP contribution in [-0.4, -0.2) is 24.2 Å². The molecule has 2 aliphatic heterocycles. The van der Waals surface area contributed by atoms with Gasteiger partial charge >= 0.3 is 0 Å². The fraction of sp³-hybridized carbons (Fsp3) is 0.714. The summed E-state index contributed by atoms with van der Waals surface area (Å²) in [5.74, 6) is 0. The van der Waals surface area contributed by atoms with Crippen LogP contribution in [0.2, 0.25) is 0 Å². The van der Waals surface area contributed by atoms with Gasteiger partial charge in [-0.1, -0.05) is 0 Å².